The molecule has 1 saturated heterocycles. The van der Waals surface area contributed by atoms with Gasteiger partial charge in [0.2, 0.25) is 0 Å². The molecule has 2 heterocycles. The molecule has 0 bridgehead atoms. The highest BCUT2D eigenvalue weighted by Gasteiger charge is 2.18. The third kappa shape index (κ3) is 4.49. The van der Waals surface area contributed by atoms with Crippen LogP contribution in [0.5, 0.6) is 11.5 Å². The van der Waals surface area contributed by atoms with E-state index in [-0.39, 0.29) is 5.91 Å². The number of pyridine rings is 1. The van der Waals surface area contributed by atoms with E-state index in [2.05, 4.69) is 27.0 Å². The van der Waals surface area contributed by atoms with Crippen LogP contribution >= 0.6 is 0 Å². The Balaban J connectivity index is 1.74. The molecule has 1 N–H and O–H groups in total. The second kappa shape index (κ2) is 8.73. The number of piperazine rings is 1. The molecule has 0 atom stereocenters. The molecule has 1 fully saturated rings. The molecular formula is C20H26N4O3. The quantitative estimate of drug-likeness (QED) is 0.843. The number of rotatable bonds is 6. The Hall–Kier alpha value is -2.80. The number of aromatic nitrogens is 1. The van der Waals surface area contributed by atoms with Gasteiger partial charge in [-0.25, -0.2) is 0 Å². The Morgan fingerprint density at radius 2 is 1.89 bits per heavy atom. The topological polar surface area (TPSA) is 66.9 Å². The van der Waals surface area contributed by atoms with E-state index in [0.29, 0.717) is 22.7 Å². The summed E-state index contributed by atoms with van der Waals surface area (Å²) in [5.41, 5.74) is 2.04. The van der Waals surface area contributed by atoms with Crippen molar-refractivity contribution in [2.75, 3.05) is 57.2 Å². The molecule has 2 aromatic rings. The van der Waals surface area contributed by atoms with Gasteiger partial charge in [-0.05, 0) is 24.7 Å². The van der Waals surface area contributed by atoms with Crippen molar-refractivity contribution in [2.45, 2.75) is 6.92 Å². The summed E-state index contributed by atoms with van der Waals surface area (Å²) in [6.45, 7) is 7.16. The number of nitrogens with zero attached hydrogens (tertiary/aromatic N) is 3. The van der Waals surface area contributed by atoms with Crippen molar-refractivity contribution in [2.24, 2.45) is 0 Å². The van der Waals surface area contributed by atoms with Gasteiger partial charge in [-0.2, -0.15) is 0 Å². The molecule has 0 aliphatic carbocycles. The molecule has 0 radical (unpaired) electrons. The second-order valence-corrected chi connectivity index (χ2v) is 6.37. The number of carbonyl (C=O) groups is 1. The van der Waals surface area contributed by atoms with Crippen LogP contribution in [-0.4, -0.2) is 62.7 Å². The molecule has 1 aromatic heterocycles. The third-order valence-electron chi connectivity index (χ3n) is 4.83. The predicted octanol–water partition coefficient (Wildman–Crippen LogP) is 2.49. The van der Waals surface area contributed by atoms with Crippen LogP contribution < -0.4 is 19.7 Å². The predicted molar refractivity (Wildman–Crippen MR) is 106 cm³/mol. The molecule has 0 spiro atoms. The fraction of sp³-hybridized carbons (Fsp3) is 0.400. The van der Waals surface area contributed by atoms with E-state index in [0.717, 1.165) is 38.4 Å². The number of benzene rings is 1. The zero-order valence-electron chi connectivity index (χ0n) is 16.1. The minimum Gasteiger partial charge on any atom is -0.497 e. The average molecular weight is 370 g/mol. The summed E-state index contributed by atoms with van der Waals surface area (Å²) < 4.78 is 10.6. The maximum Gasteiger partial charge on any atom is 0.257 e. The first-order valence-electron chi connectivity index (χ1n) is 9.10. The summed E-state index contributed by atoms with van der Waals surface area (Å²) in [7, 11) is 3.15. The molecule has 144 valence electrons. The molecule has 0 saturated carbocycles. The highest BCUT2D eigenvalue weighted by atomic mass is 16.5. The molecule has 27 heavy (non-hydrogen) atoms. The van der Waals surface area contributed by atoms with Crippen LogP contribution in [0.4, 0.5) is 11.4 Å². The normalized spacial score (nSPS) is 14.7. The lowest BCUT2D eigenvalue weighted by molar-refractivity contribution is 0.102. The summed E-state index contributed by atoms with van der Waals surface area (Å²) in [4.78, 5) is 21.7. The van der Waals surface area contributed by atoms with Gasteiger partial charge in [0, 0.05) is 38.4 Å². The third-order valence-corrected chi connectivity index (χ3v) is 4.83. The number of anilines is 2. The first-order valence-corrected chi connectivity index (χ1v) is 9.10. The number of amides is 1. The number of ether oxygens (including phenoxy) is 2. The zero-order valence-corrected chi connectivity index (χ0v) is 16.1. The van der Waals surface area contributed by atoms with Crippen LogP contribution in [0.3, 0.4) is 0 Å². The average Bonchev–Trinajstić information content (AvgIpc) is 2.73. The van der Waals surface area contributed by atoms with Crippen LogP contribution in [0.2, 0.25) is 0 Å². The van der Waals surface area contributed by atoms with Crippen molar-refractivity contribution in [3.05, 3.63) is 42.2 Å². The number of hydrogen-bond donors (Lipinski definition) is 1. The Morgan fingerprint density at radius 3 is 2.56 bits per heavy atom. The van der Waals surface area contributed by atoms with Crippen molar-refractivity contribution in [1.29, 1.82) is 0 Å². The summed E-state index contributed by atoms with van der Waals surface area (Å²) in [6.07, 6.45) is 3.39. The number of nitrogens with one attached hydrogen (secondary N) is 1. The molecule has 1 amide bonds. The van der Waals surface area contributed by atoms with Crippen molar-refractivity contribution in [1.82, 2.24) is 9.88 Å². The summed E-state index contributed by atoms with van der Waals surface area (Å²) in [5, 5.41) is 2.89. The van der Waals surface area contributed by atoms with Crippen LogP contribution in [0.1, 0.15) is 17.3 Å². The van der Waals surface area contributed by atoms with Crippen LogP contribution in [0.15, 0.2) is 36.7 Å². The van der Waals surface area contributed by atoms with Gasteiger partial charge in [0.1, 0.15) is 11.5 Å². The van der Waals surface area contributed by atoms with E-state index in [1.165, 1.54) is 0 Å². The van der Waals surface area contributed by atoms with Gasteiger partial charge < -0.3 is 24.6 Å². The lowest BCUT2D eigenvalue weighted by Crippen LogP contribution is -2.46. The van der Waals surface area contributed by atoms with Crippen molar-refractivity contribution in [3.63, 3.8) is 0 Å². The first-order chi connectivity index (χ1) is 13.1. The maximum atomic E-state index is 12.7. The summed E-state index contributed by atoms with van der Waals surface area (Å²) in [6, 6.07) is 7.16. The van der Waals surface area contributed by atoms with Crippen molar-refractivity contribution < 1.29 is 14.3 Å². The number of carbonyl (C=O) groups excluding carboxylic acids is 1. The van der Waals surface area contributed by atoms with Crippen molar-refractivity contribution in [3.8, 4) is 11.5 Å². The van der Waals surface area contributed by atoms with Crippen molar-refractivity contribution >= 4 is 17.3 Å². The molecule has 1 aromatic carbocycles. The SMILES string of the molecule is CCN1CCN(c2cncc(C(=O)Nc3cc(OC)ccc3OC)c2)CC1. The smallest absolute Gasteiger partial charge is 0.257 e. The largest absolute Gasteiger partial charge is 0.497 e. The van der Waals surface area contributed by atoms with Crippen LogP contribution in [0.25, 0.3) is 0 Å². The monoisotopic (exact) mass is 370 g/mol. The zero-order chi connectivity index (χ0) is 19.2. The fourth-order valence-electron chi connectivity index (χ4n) is 3.15. The molecule has 1 aliphatic heterocycles. The van der Waals surface area contributed by atoms with E-state index < -0.39 is 0 Å². The Labute approximate surface area is 159 Å². The number of methoxy groups -OCH3 is 2. The van der Waals surface area contributed by atoms with Gasteiger partial charge >= 0.3 is 0 Å². The molecule has 7 nitrogen and oxygen atoms in total. The lowest BCUT2D eigenvalue weighted by Gasteiger charge is -2.35. The van der Waals surface area contributed by atoms with Crippen LogP contribution in [-0.2, 0) is 0 Å². The standard InChI is InChI=1S/C20H26N4O3/c1-4-23-7-9-24(10-8-23)16-11-15(13-21-14-16)20(25)22-18-12-17(26-2)5-6-19(18)27-3/h5-6,11-14H,4,7-10H2,1-3H3,(H,22,25). The van der Waals surface area contributed by atoms with Gasteiger partial charge in [-0.1, -0.05) is 6.92 Å². The highest BCUT2D eigenvalue weighted by molar-refractivity contribution is 6.05. The first kappa shape index (κ1) is 19.0. The highest BCUT2D eigenvalue weighted by Crippen LogP contribution is 2.29. The van der Waals surface area contributed by atoms with Crippen LogP contribution in [0, 0.1) is 0 Å². The van der Waals surface area contributed by atoms with Gasteiger partial charge in [0.15, 0.2) is 0 Å². The molecule has 7 heteroatoms. The molecule has 3 rings (SSSR count). The van der Waals surface area contributed by atoms with Gasteiger partial charge in [0.05, 0.1) is 37.4 Å². The van der Waals surface area contributed by atoms with E-state index in [1.807, 2.05) is 12.3 Å². The summed E-state index contributed by atoms with van der Waals surface area (Å²) in [5.74, 6) is 0.985. The number of likely N-dealkylation sites (N-methyl/N-ethyl adjacent to an activating group) is 1. The second-order valence-electron chi connectivity index (χ2n) is 6.37. The Bertz CT molecular complexity index is 789. The Kier molecular flexibility index (Phi) is 6.13. The lowest BCUT2D eigenvalue weighted by atomic mass is 10.2. The number of hydrogen-bond acceptors (Lipinski definition) is 6. The molecule has 1 aliphatic rings. The summed E-state index contributed by atoms with van der Waals surface area (Å²) >= 11 is 0. The van der Waals surface area contributed by atoms with Gasteiger partial charge in [-0.3, -0.25) is 9.78 Å². The van der Waals surface area contributed by atoms with E-state index in [9.17, 15) is 4.79 Å². The fourth-order valence-corrected chi connectivity index (χ4v) is 3.15. The van der Waals surface area contributed by atoms with E-state index in [1.54, 1.807) is 38.6 Å². The molecular weight excluding hydrogens is 344 g/mol. The minimum absolute atomic E-state index is 0.233. The van der Waals surface area contributed by atoms with E-state index >= 15 is 0 Å². The Morgan fingerprint density at radius 1 is 1.11 bits per heavy atom. The maximum absolute atomic E-state index is 12.7. The van der Waals surface area contributed by atoms with Gasteiger partial charge in [-0.15, -0.1) is 0 Å². The molecule has 0 unspecified atom stereocenters. The van der Waals surface area contributed by atoms with Gasteiger partial charge in [0.25, 0.3) is 5.91 Å². The van der Waals surface area contributed by atoms with E-state index in [4.69, 9.17) is 9.47 Å². The minimum atomic E-state index is -0.233.